The lowest BCUT2D eigenvalue weighted by atomic mass is 10.1. The Bertz CT molecular complexity index is 2520. The van der Waals surface area contributed by atoms with Gasteiger partial charge in [-0.2, -0.15) is 10.2 Å². The van der Waals surface area contributed by atoms with Crippen molar-refractivity contribution in [2.45, 2.75) is 19.0 Å². The van der Waals surface area contributed by atoms with Gasteiger partial charge in [-0.25, -0.2) is 24.6 Å². The van der Waals surface area contributed by atoms with Crippen molar-refractivity contribution in [2.75, 3.05) is 78.9 Å². The molecule has 0 amide bonds. The molecule has 3 aliphatic heterocycles. The number of hydrogen-bond donors (Lipinski definition) is 0. The van der Waals surface area contributed by atoms with Crippen LogP contribution in [0.25, 0.3) is 33.8 Å². The molecule has 0 aliphatic carbocycles. The average molecular weight is 905 g/mol. The van der Waals surface area contributed by atoms with Crippen molar-refractivity contribution in [3.63, 3.8) is 0 Å². The molecule has 0 atom stereocenters. The molecule has 2 saturated heterocycles. The molecule has 3 aliphatic rings. The zero-order valence-corrected chi connectivity index (χ0v) is 37.1. The lowest BCUT2D eigenvalue weighted by molar-refractivity contribution is 0.0321. The van der Waals surface area contributed by atoms with Gasteiger partial charge >= 0.3 is 0 Å². The summed E-state index contributed by atoms with van der Waals surface area (Å²) in [6.45, 7) is 11.5. The maximum atomic E-state index is 5.86. The van der Waals surface area contributed by atoms with Crippen LogP contribution in [0.4, 0.5) is 5.69 Å². The smallest absolute Gasteiger partial charge is 0.159 e. The minimum absolute atomic E-state index is 0. The van der Waals surface area contributed by atoms with Gasteiger partial charge < -0.3 is 18.9 Å². The van der Waals surface area contributed by atoms with E-state index >= 15 is 0 Å². The number of morpholine rings is 2. The number of benzene rings is 4. The molecule has 0 N–H and O–H groups in total. The third-order valence-electron chi connectivity index (χ3n) is 10.5. The summed E-state index contributed by atoms with van der Waals surface area (Å²) in [7, 11) is 0. The summed E-state index contributed by atoms with van der Waals surface area (Å²) in [5, 5.41) is 16.3. The number of halogens is 2. The van der Waals surface area contributed by atoms with Crippen LogP contribution in [0, 0.1) is 0 Å². The molecule has 15 nitrogen and oxygen atoms in total. The van der Waals surface area contributed by atoms with E-state index in [9.17, 15) is 0 Å². The zero-order valence-electron chi connectivity index (χ0n) is 35.5. The highest BCUT2D eigenvalue weighted by atomic mass is 35.5. The minimum atomic E-state index is 0. The first-order chi connectivity index (χ1) is 31.2. The first-order valence-electron chi connectivity index (χ1n) is 21.1. The van der Waals surface area contributed by atoms with Crippen molar-refractivity contribution in [3.8, 4) is 34.3 Å². The zero-order chi connectivity index (χ0) is 42.9. The van der Waals surface area contributed by atoms with E-state index in [1.165, 1.54) is 5.56 Å². The molecular formula is C47H51Cl2N11O4. The fourth-order valence-electron chi connectivity index (χ4n) is 7.05. The molecule has 7 aromatic rings. The van der Waals surface area contributed by atoms with Gasteiger partial charge in [-0.3, -0.25) is 9.80 Å². The predicted molar refractivity (Wildman–Crippen MR) is 249 cm³/mol. The highest BCUT2D eigenvalue weighted by Gasteiger charge is 2.12. The number of aromatic nitrogens is 7. The summed E-state index contributed by atoms with van der Waals surface area (Å²) in [5.74, 6) is 3.21. The molecule has 17 heteroatoms. The second kappa shape index (κ2) is 24.2. The molecule has 0 unspecified atom stereocenters. The highest BCUT2D eigenvalue weighted by Crippen LogP contribution is 2.25. The first kappa shape index (κ1) is 46.1. The Kier molecular flexibility index (Phi) is 17.4. The molecule has 10 rings (SSSR count). The predicted octanol–water partition coefficient (Wildman–Crippen LogP) is 7.95. The Labute approximate surface area is 383 Å². The Morgan fingerprint density at radius 3 is 1.75 bits per heavy atom. The van der Waals surface area contributed by atoms with Crippen molar-refractivity contribution in [2.24, 2.45) is 10.2 Å². The summed E-state index contributed by atoms with van der Waals surface area (Å²) < 4.78 is 24.1. The van der Waals surface area contributed by atoms with Crippen molar-refractivity contribution in [1.29, 1.82) is 0 Å². The number of fused-ring (bicyclic) bond motifs is 2. The maximum absolute atomic E-state index is 5.86. The quantitative estimate of drug-likeness (QED) is 0.103. The largest absolute Gasteiger partial charge is 0.489 e. The van der Waals surface area contributed by atoms with Crippen molar-refractivity contribution in [3.05, 3.63) is 139 Å². The molecule has 0 spiro atoms. The van der Waals surface area contributed by atoms with Crippen molar-refractivity contribution >= 4 is 40.7 Å². The van der Waals surface area contributed by atoms with Gasteiger partial charge in [-0.05, 0) is 41.5 Å². The van der Waals surface area contributed by atoms with E-state index in [4.69, 9.17) is 30.5 Å². The Balaban J connectivity index is 0.000000162. The molecule has 0 radical (unpaired) electrons. The number of rotatable bonds is 13. The lowest BCUT2D eigenvalue weighted by Crippen LogP contribution is -2.38. The molecule has 3 aromatic heterocycles. The molecule has 0 saturated carbocycles. The Morgan fingerprint density at radius 2 is 1.16 bits per heavy atom. The molecular weight excluding hydrogens is 853 g/mol. The number of nitrogens with zero attached hydrogens (tertiary/aromatic N) is 11. The molecule has 2 fully saturated rings. The van der Waals surface area contributed by atoms with Crippen LogP contribution in [0.3, 0.4) is 0 Å². The van der Waals surface area contributed by atoms with Crippen LogP contribution in [0.1, 0.15) is 16.7 Å². The highest BCUT2D eigenvalue weighted by molar-refractivity contribution is 6.17. The molecule has 0 bridgehead atoms. The van der Waals surface area contributed by atoms with Crippen molar-refractivity contribution < 1.29 is 18.9 Å². The van der Waals surface area contributed by atoms with Crippen LogP contribution in [0.2, 0.25) is 0 Å². The van der Waals surface area contributed by atoms with Gasteiger partial charge in [0.15, 0.2) is 23.1 Å². The van der Waals surface area contributed by atoms with Crippen LogP contribution in [0.5, 0.6) is 11.5 Å². The standard InChI is InChI=1S/C23H24N6O2.C17H20ClN3O2.C7H6N2.ClH/c1-2-7-22-21(6-1)26-27-29(22)17-18-4-3-5-19(14-18)23-24-15-20(16-25-23)31-13-10-28-8-11-30-12-9-28;18-11-14-2-1-3-15(10-14)17-19-12-16(13-20-17)23-9-6-21-4-7-22-8-5-21;1-2-4-7-6(3-1)5-8-9-7;/h1-7,14-16H,8-13,17H2;1-3,10,12-13H,4-9,11H2;1-4H,5H2;1H. The fourth-order valence-corrected chi connectivity index (χ4v) is 7.22. The van der Waals surface area contributed by atoms with Crippen LogP contribution in [0.15, 0.2) is 132 Å². The van der Waals surface area contributed by atoms with Gasteiger partial charge in [0.2, 0.25) is 0 Å². The van der Waals surface area contributed by atoms with Gasteiger partial charge in [-0.15, -0.1) is 29.1 Å². The maximum Gasteiger partial charge on any atom is 0.159 e. The molecule has 64 heavy (non-hydrogen) atoms. The summed E-state index contributed by atoms with van der Waals surface area (Å²) in [5.41, 5.74) is 8.26. The van der Waals surface area contributed by atoms with Gasteiger partial charge in [0.05, 0.1) is 75.5 Å². The normalized spacial score (nSPS) is 14.6. The lowest BCUT2D eigenvalue weighted by Gasteiger charge is -2.26. The third kappa shape index (κ3) is 13.3. The van der Waals surface area contributed by atoms with Crippen LogP contribution < -0.4 is 9.47 Å². The van der Waals surface area contributed by atoms with E-state index in [1.807, 2.05) is 83.5 Å². The molecule has 6 heterocycles. The van der Waals surface area contributed by atoms with Crippen molar-refractivity contribution in [1.82, 2.24) is 44.7 Å². The Hall–Kier alpha value is -5.94. The SMILES string of the molecule is Cl.ClCc1cccc(-c2ncc(OCCN3CCOCC3)cn2)c1.c1cc(Cn2nnc3ccccc32)cc(-c2ncc(OCCN3CCOCC3)cn2)c1.c1ccc2c(c1)CN=N2. The topological polar surface area (TPSA) is 150 Å². The first-order valence-corrected chi connectivity index (χ1v) is 21.7. The van der Waals surface area contributed by atoms with E-state index in [2.05, 4.69) is 68.5 Å². The third-order valence-corrected chi connectivity index (χ3v) is 10.8. The summed E-state index contributed by atoms with van der Waals surface area (Å²) in [6.07, 6.45) is 6.91. The van der Waals surface area contributed by atoms with Crippen LogP contribution in [-0.2, 0) is 28.4 Å². The number of para-hydroxylation sites is 1. The van der Waals surface area contributed by atoms with E-state index in [1.54, 1.807) is 24.8 Å². The average Bonchev–Trinajstić information content (AvgIpc) is 4.01. The fraction of sp³-hybridized carbons (Fsp3) is 0.319. The number of azo groups is 1. The van der Waals surface area contributed by atoms with Gasteiger partial charge in [0.25, 0.3) is 0 Å². The summed E-state index contributed by atoms with van der Waals surface area (Å²) in [6, 6.07) is 32.1. The second-order valence-electron chi connectivity index (χ2n) is 14.9. The summed E-state index contributed by atoms with van der Waals surface area (Å²) >= 11 is 5.86. The van der Waals surface area contributed by atoms with Crippen LogP contribution >= 0.6 is 24.0 Å². The number of alkyl halides is 1. The number of ether oxygens (including phenoxy) is 4. The van der Waals surface area contributed by atoms with E-state index in [0.717, 1.165) is 111 Å². The van der Waals surface area contributed by atoms with E-state index < -0.39 is 0 Å². The minimum Gasteiger partial charge on any atom is -0.489 e. The second-order valence-corrected chi connectivity index (χ2v) is 15.2. The van der Waals surface area contributed by atoms with Gasteiger partial charge in [0.1, 0.15) is 18.7 Å². The van der Waals surface area contributed by atoms with E-state index in [-0.39, 0.29) is 12.4 Å². The summed E-state index contributed by atoms with van der Waals surface area (Å²) in [4.78, 5) is 22.4. The number of hydrogen-bond acceptors (Lipinski definition) is 14. The monoisotopic (exact) mass is 903 g/mol. The van der Waals surface area contributed by atoms with E-state index in [0.29, 0.717) is 48.8 Å². The molecule has 332 valence electrons. The van der Waals surface area contributed by atoms with Gasteiger partial charge in [-0.1, -0.05) is 71.9 Å². The van der Waals surface area contributed by atoms with Crippen LogP contribution in [-0.4, -0.2) is 124 Å². The molecule has 4 aromatic carbocycles. The van der Waals surface area contributed by atoms with Gasteiger partial charge in [0, 0.05) is 61.8 Å². The Morgan fingerprint density at radius 1 is 0.609 bits per heavy atom.